The zero-order valence-corrected chi connectivity index (χ0v) is 8.84. The summed E-state index contributed by atoms with van der Waals surface area (Å²) in [4.78, 5) is -1.63. The van der Waals surface area contributed by atoms with Gasteiger partial charge in [0.15, 0.2) is 33.1 Å². The molecule has 3 nitrogen and oxygen atoms in total. The Morgan fingerprint density at radius 1 is 1.00 bits per heavy atom. The Kier molecular flexibility index (Phi) is 3.13. The summed E-state index contributed by atoms with van der Waals surface area (Å²) in [6.45, 7) is 1.08. The summed E-state index contributed by atoms with van der Waals surface area (Å²) in [5.41, 5.74) is 3.33. The van der Waals surface area contributed by atoms with Crippen molar-refractivity contribution in [2.75, 3.05) is 11.5 Å². The molecule has 0 aromatic heterocycles. The maximum absolute atomic E-state index is 13.1. The number of anilines is 1. The molecule has 0 radical (unpaired) electrons. The summed E-state index contributed by atoms with van der Waals surface area (Å²) in [6, 6.07) is 0. The molecular formula is C8H7F4NO2S. The average molecular weight is 257 g/mol. The fraction of sp³-hybridized carbons (Fsp3) is 0.250. The highest BCUT2D eigenvalue weighted by Crippen LogP contribution is 2.29. The van der Waals surface area contributed by atoms with Gasteiger partial charge in [-0.15, -0.1) is 0 Å². The molecule has 0 heterocycles. The lowest BCUT2D eigenvalue weighted by Gasteiger charge is -2.08. The summed E-state index contributed by atoms with van der Waals surface area (Å²) < 4.78 is 74.6. The van der Waals surface area contributed by atoms with Gasteiger partial charge in [-0.1, -0.05) is 6.92 Å². The van der Waals surface area contributed by atoms with Gasteiger partial charge in [-0.2, -0.15) is 0 Å². The van der Waals surface area contributed by atoms with Crippen molar-refractivity contribution in [3.8, 4) is 0 Å². The van der Waals surface area contributed by atoms with Crippen molar-refractivity contribution in [3.63, 3.8) is 0 Å². The number of nitrogen functional groups attached to an aromatic ring is 1. The minimum absolute atomic E-state index is 0.691. The lowest BCUT2D eigenvalue weighted by Crippen LogP contribution is -2.14. The molecule has 0 atom stereocenters. The van der Waals surface area contributed by atoms with Crippen LogP contribution in [0.3, 0.4) is 0 Å². The summed E-state index contributed by atoms with van der Waals surface area (Å²) in [6.07, 6.45) is 0. The Bertz CT molecular complexity index is 512. The fourth-order valence-electron chi connectivity index (χ4n) is 1.05. The molecule has 0 aliphatic heterocycles. The molecule has 0 aliphatic rings. The Hall–Kier alpha value is -1.31. The van der Waals surface area contributed by atoms with Crippen molar-refractivity contribution in [1.82, 2.24) is 0 Å². The third-order valence-corrected chi connectivity index (χ3v) is 3.69. The van der Waals surface area contributed by atoms with Crippen molar-refractivity contribution in [1.29, 1.82) is 0 Å². The number of halogens is 4. The number of sulfone groups is 1. The van der Waals surface area contributed by atoms with Gasteiger partial charge < -0.3 is 5.73 Å². The number of benzene rings is 1. The van der Waals surface area contributed by atoms with Gasteiger partial charge in [0.2, 0.25) is 0 Å². The number of rotatable bonds is 2. The van der Waals surface area contributed by atoms with Crippen LogP contribution >= 0.6 is 0 Å². The topological polar surface area (TPSA) is 60.2 Å². The van der Waals surface area contributed by atoms with E-state index in [0.29, 0.717) is 0 Å². The highest BCUT2D eigenvalue weighted by molar-refractivity contribution is 7.91. The molecule has 0 unspecified atom stereocenters. The second-order valence-electron chi connectivity index (χ2n) is 2.90. The highest BCUT2D eigenvalue weighted by atomic mass is 32.2. The Morgan fingerprint density at radius 2 is 1.38 bits per heavy atom. The van der Waals surface area contributed by atoms with Gasteiger partial charge in [0.25, 0.3) is 0 Å². The SMILES string of the molecule is CCS(=O)(=O)c1c(F)c(F)c(N)c(F)c1F. The van der Waals surface area contributed by atoms with Crippen molar-refractivity contribution in [3.05, 3.63) is 23.3 Å². The maximum atomic E-state index is 13.1. The van der Waals surface area contributed by atoms with Crippen LogP contribution in [0.5, 0.6) is 0 Å². The van der Waals surface area contributed by atoms with Gasteiger partial charge in [0.05, 0.1) is 5.75 Å². The van der Waals surface area contributed by atoms with Crippen LogP contribution in [0.25, 0.3) is 0 Å². The molecular weight excluding hydrogens is 250 g/mol. The zero-order chi connectivity index (χ0) is 12.7. The van der Waals surface area contributed by atoms with Crippen LogP contribution in [-0.2, 0) is 9.84 Å². The van der Waals surface area contributed by atoms with Crippen LogP contribution < -0.4 is 5.73 Å². The van der Waals surface area contributed by atoms with E-state index in [1.807, 2.05) is 0 Å². The van der Waals surface area contributed by atoms with Gasteiger partial charge in [0, 0.05) is 0 Å². The summed E-state index contributed by atoms with van der Waals surface area (Å²) in [5, 5.41) is 0. The van der Waals surface area contributed by atoms with Crippen molar-refractivity contribution in [2.24, 2.45) is 0 Å². The van der Waals surface area contributed by atoms with Crippen LogP contribution in [0.1, 0.15) is 6.92 Å². The Morgan fingerprint density at radius 3 is 1.69 bits per heavy atom. The van der Waals surface area contributed by atoms with Crippen LogP contribution in [0.4, 0.5) is 23.2 Å². The lowest BCUT2D eigenvalue weighted by molar-refractivity contribution is 0.424. The molecule has 16 heavy (non-hydrogen) atoms. The van der Waals surface area contributed by atoms with E-state index in [4.69, 9.17) is 5.73 Å². The average Bonchev–Trinajstić information content (AvgIpc) is 2.23. The minimum Gasteiger partial charge on any atom is -0.394 e. The second kappa shape index (κ2) is 3.93. The fourth-order valence-corrected chi connectivity index (χ4v) is 2.06. The molecule has 2 N–H and O–H groups in total. The van der Waals surface area contributed by atoms with E-state index in [-0.39, 0.29) is 0 Å². The molecule has 1 aromatic carbocycles. The highest BCUT2D eigenvalue weighted by Gasteiger charge is 2.31. The molecule has 0 aliphatic carbocycles. The van der Waals surface area contributed by atoms with E-state index in [1.54, 1.807) is 0 Å². The molecule has 1 aromatic rings. The first-order chi connectivity index (χ1) is 7.24. The zero-order valence-electron chi connectivity index (χ0n) is 8.02. The summed E-state index contributed by atoms with van der Waals surface area (Å²) in [5.74, 6) is -8.52. The third kappa shape index (κ3) is 1.73. The minimum atomic E-state index is -4.41. The molecule has 0 saturated carbocycles. The van der Waals surface area contributed by atoms with Gasteiger partial charge >= 0.3 is 0 Å². The molecule has 0 fully saturated rings. The van der Waals surface area contributed by atoms with Gasteiger partial charge in [0.1, 0.15) is 10.6 Å². The molecule has 90 valence electrons. The van der Waals surface area contributed by atoms with Crippen molar-refractivity contribution >= 4 is 15.5 Å². The van der Waals surface area contributed by atoms with Crippen molar-refractivity contribution < 1.29 is 26.0 Å². The van der Waals surface area contributed by atoms with Gasteiger partial charge in [-0.25, -0.2) is 26.0 Å². The molecule has 8 heteroatoms. The van der Waals surface area contributed by atoms with Crippen LogP contribution in [0, 0.1) is 23.3 Å². The molecule has 0 bridgehead atoms. The van der Waals surface area contributed by atoms with E-state index in [1.165, 1.54) is 0 Å². The first-order valence-corrected chi connectivity index (χ1v) is 5.73. The van der Waals surface area contributed by atoms with Gasteiger partial charge in [-0.05, 0) is 0 Å². The largest absolute Gasteiger partial charge is 0.394 e. The second-order valence-corrected chi connectivity index (χ2v) is 5.12. The third-order valence-electron chi connectivity index (χ3n) is 1.95. The van der Waals surface area contributed by atoms with Crippen LogP contribution in [0.15, 0.2) is 4.90 Å². The first-order valence-electron chi connectivity index (χ1n) is 4.08. The molecule has 0 saturated heterocycles. The summed E-state index contributed by atoms with van der Waals surface area (Å²) >= 11 is 0. The van der Waals surface area contributed by atoms with Crippen molar-refractivity contribution in [2.45, 2.75) is 11.8 Å². The predicted octanol–water partition coefficient (Wildman–Crippen LogP) is 1.62. The van der Waals surface area contributed by atoms with E-state index in [9.17, 15) is 26.0 Å². The maximum Gasteiger partial charge on any atom is 0.186 e. The number of hydrogen-bond donors (Lipinski definition) is 1. The number of hydrogen-bond acceptors (Lipinski definition) is 3. The van der Waals surface area contributed by atoms with E-state index in [0.717, 1.165) is 6.92 Å². The predicted molar refractivity (Wildman–Crippen MR) is 48.4 cm³/mol. The molecule has 1 rings (SSSR count). The van der Waals surface area contributed by atoms with Crippen LogP contribution in [0.2, 0.25) is 0 Å². The standard InChI is InChI=1S/C8H7F4NO2S/c1-2-16(14,15)8-5(11)3(9)7(13)4(10)6(8)12/h2,13H2,1H3. The van der Waals surface area contributed by atoms with E-state index >= 15 is 0 Å². The van der Waals surface area contributed by atoms with E-state index in [2.05, 4.69) is 0 Å². The monoisotopic (exact) mass is 257 g/mol. The molecule has 0 amide bonds. The van der Waals surface area contributed by atoms with Gasteiger partial charge in [-0.3, -0.25) is 0 Å². The smallest absolute Gasteiger partial charge is 0.186 e. The Balaban J connectivity index is 3.79. The number of nitrogens with two attached hydrogens (primary N) is 1. The normalized spacial score (nSPS) is 11.8. The molecule has 0 spiro atoms. The Labute approximate surface area is 88.8 Å². The summed E-state index contributed by atoms with van der Waals surface area (Å²) in [7, 11) is -4.41. The lowest BCUT2D eigenvalue weighted by atomic mass is 10.2. The first kappa shape index (κ1) is 12.8. The quantitative estimate of drug-likeness (QED) is 0.497. The van der Waals surface area contributed by atoms with E-state index < -0.39 is 49.4 Å². The van der Waals surface area contributed by atoms with Crippen LogP contribution in [-0.4, -0.2) is 14.2 Å².